The first-order valence-electron chi connectivity index (χ1n) is 1.32. The van der Waals surface area contributed by atoms with E-state index in [1.807, 2.05) is 0 Å². The van der Waals surface area contributed by atoms with Crippen molar-refractivity contribution in [2.75, 3.05) is 0 Å². The lowest BCUT2D eigenvalue weighted by molar-refractivity contribution is 0.499. The Morgan fingerprint density at radius 2 is 1.25 bits per heavy atom. The normalized spacial score (nSPS) is 17.8. The second-order valence-corrected chi connectivity index (χ2v) is 2.02. The maximum Gasteiger partial charge on any atom is 0.0332 e. The fraction of sp³-hybridized carbons (Fsp3) is 0. The van der Waals surface area contributed by atoms with Crippen molar-refractivity contribution >= 4 is 22.5 Å². The van der Waals surface area contributed by atoms with E-state index in [0.717, 1.165) is 0 Å². The van der Waals surface area contributed by atoms with Gasteiger partial charge in [0.05, 0.1) is 0 Å². The van der Waals surface area contributed by atoms with E-state index in [2.05, 4.69) is 0 Å². The Bertz CT molecular complexity index is 96.6. The Morgan fingerprint density at radius 3 is 1.38 bits per heavy atom. The van der Waals surface area contributed by atoms with Gasteiger partial charge in [-0.15, -0.1) is 0 Å². The van der Waals surface area contributed by atoms with Gasteiger partial charge < -0.3 is 9.11 Å². The number of hydrogen-bond donors (Lipinski definition) is 2. The second kappa shape index (κ2) is 4.06. The van der Waals surface area contributed by atoms with Crippen LogP contribution in [-0.2, 0) is 22.5 Å². The fourth-order valence-electron chi connectivity index (χ4n) is 0.0680. The summed E-state index contributed by atoms with van der Waals surface area (Å²) < 4.78 is 37.8. The quantitative estimate of drug-likeness (QED) is 0.355. The molecule has 0 heterocycles. The Labute approximate surface area is 50.5 Å². The van der Waals surface area contributed by atoms with Crippen molar-refractivity contribution in [3.63, 3.8) is 0 Å². The Morgan fingerprint density at radius 1 is 1.00 bits per heavy atom. The molecule has 0 bridgehead atoms. The third-order valence-electron chi connectivity index (χ3n) is 0.208. The Hall–Kier alpha value is 0.140. The highest BCUT2D eigenvalue weighted by Gasteiger charge is 1.76. The van der Waals surface area contributed by atoms with E-state index >= 15 is 0 Å². The van der Waals surface area contributed by atoms with Crippen LogP contribution in [0.1, 0.15) is 0 Å². The topological polar surface area (TPSA) is 104 Å². The molecule has 50 valence electrons. The molecule has 2 N–H and O–H groups in total. The first-order chi connectivity index (χ1) is 3.63. The molecule has 8 heteroatoms. The van der Waals surface area contributed by atoms with Crippen molar-refractivity contribution in [2.24, 2.45) is 0 Å². The molecule has 0 aliphatic rings. The lowest BCUT2D eigenvalue weighted by atomic mass is 13.0. The maximum atomic E-state index is 9.46. The molecule has 0 aromatic carbocycles. The summed E-state index contributed by atoms with van der Waals surface area (Å²) in [6.07, 6.45) is 0. The molecule has 6 nitrogen and oxygen atoms in total. The zero-order valence-electron chi connectivity index (χ0n) is 3.45. The molecule has 0 aromatic rings. The number of hydrazine groups is 1. The zero-order valence-corrected chi connectivity index (χ0v) is 5.08. The van der Waals surface area contributed by atoms with Gasteiger partial charge in [0, 0.05) is 22.5 Å². The number of nitrogens with one attached hydrogen (secondary N) is 2. The average Bonchev–Trinajstić information content (AvgIpc) is 1.61. The maximum absolute atomic E-state index is 9.46. The van der Waals surface area contributed by atoms with E-state index in [1.165, 1.54) is 9.66 Å². The van der Waals surface area contributed by atoms with Crippen LogP contribution in [0.3, 0.4) is 0 Å². The predicted octanol–water partition coefficient (Wildman–Crippen LogP) is -2.33. The lowest BCUT2D eigenvalue weighted by Gasteiger charge is -2.09. The van der Waals surface area contributed by atoms with Crippen LogP contribution in [0.15, 0.2) is 0 Å². The molecule has 0 spiro atoms. The van der Waals surface area contributed by atoms with E-state index in [1.54, 1.807) is 0 Å². The van der Waals surface area contributed by atoms with Crippen molar-refractivity contribution in [3.05, 3.63) is 0 Å². The van der Waals surface area contributed by atoms with Crippen molar-refractivity contribution in [3.8, 4) is 0 Å². The Kier molecular flexibility index (Phi) is 4.13. The molecule has 0 rings (SSSR count). The van der Waals surface area contributed by atoms with Gasteiger partial charge in [-0.2, -0.15) is 9.66 Å². The standard InChI is InChI=1S/H4N2O4S2/c3-7(4)1-2-8(5)6/h1-2H,(H,3,4)(H,5,6)/p-2. The SMILES string of the molecule is O=S([O-])NNS(=O)[O-]. The first-order valence-corrected chi connectivity index (χ1v) is 3.47. The minimum Gasteiger partial charge on any atom is -0.759 e. The third kappa shape index (κ3) is 6.14. The molecule has 0 aliphatic carbocycles. The zero-order chi connectivity index (χ0) is 6.57. The molecule has 2 atom stereocenters. The van der Waals surface area contributed by atoms with E-state index in [4.69, 9.17) is 0 Å². The third-order valence-corrected chi connectivity index (χ3v) is 0.875. The number of hydrogen-bond acceptors (Lipinski definition) is 4. The highest BCUT2D eigenvalue weighted by atomic mass is 32.2. The van der Waals surface area contributed by atoms with Gasteiger partial charge in [0.1, 0.15) is 0 Å². The van der Waals surface area contributed by atoms with Crippen molar-refractivity contribution in [2.45, 2.75) is 0 Å². The van der Waals surface area contributed by atoms with Crippen molar-refractivity contribution < 1.29 is 17.5 Å². The van der Waals surface area contributed by atoms with Gasteiger partial charge in [-0.05, 0) is 0 Å². The molecule has 0 radical (unpaired) electrons. The molecule has 2 unspecified atom stereocenters. The minimum atomic E-state index is -2.59. The van der Waals surface area contributed by atoms with Crippen LogP contribution < -0.4 is 9.66 Å². The summed E-state index contributed by atoms with van der Waals surface area (Å²) in [4.78, 5) is 2.80. The molecular formula is H2N2O4S2-2. The first kappa shape index (κ1) is 8.14. The fourth-order valence-corrected chi connectivity index (χ4v) is 0.612. The summed E-state index contributed by atoms with van der Waals surface area (Å²) >= 11 is -5.18. The van der Waals surface area contributed by atoms with Gasteiger partial charge in [0.25, 0.3) is 0 Å². The van der Waals surface area contributed by atoms with Gasteiger partial charge in [-0.25, -0.2) is 0 Å². The molecule has 0 saturated carbocycles. The molecular weight excluding hydrogens is 156 g/mol. The summed E-state index contributed by atoms with van der Waals surface area (Å²) in [5.41, 5.74) is 0. The number of rotatable bonds is 3. The highest BCUT2D eigenvalue weighted by Crippen LogP contribution is 1.57. The van der Waals surface area contributed by atoms with Crippen LogP contribution in [-0.4, -0.2) is 17.5 Å². The van der Waals surface area contributed by atoms with E-state index < -0.39 is 22.5 Å². The van der Waals surface area contributed by atoms with E-state index in [0.29, 0.717) is 0 Å². The van der Waals surface area contributed by atoms with Gasteiger partial charge in [0.2, 0.25) is 0 Å². The van der Waals surface area contributed by atoms with Crippen LogP contribution in [0.25, 0.3) is 0 Å². The second-order valence-electron chi connectivity index (χ2n) is 0.674. The summed E-state index contributed by atoms with van der Waals surface area (Å²) in [7, 11) is 0. The molecule has 0 aromatic heterocycles. The monoisotopic (exact) mass is 158 g/mol. The van der Waals surface area contributed by atoms with E-state index in [9.17, 15) is 17.5 Å². The molecule has 0 saturated heterocycles. The summed E-state index contributed by atoms with van der Waals surface area (Å²) in [6, 6.07) is 0. The molecule has 8 heavy (non-hydrogen) atoms. The van der Waals surface area contributed by atoms with E-state index in [-0.39, 0.29) is 0 Å². The minimum absolute atomic E-state index is 1.40. The van der Waals surface area contributed by atoms with Crippen LogP contribution >= 0.6 is 0 Å². The lowest BCUT2D eigenvalue weighted by Crippen LogP contribution is -2.34. The molecule has 0 fully saturated rings. The van der Waals surface area contributed by atoms with Crippen LogP contribution in [0.4, 0.5) is 0 Å². The van der Waals surface area contributed by atoms with Crippen molar-refractivity contribution in [1.82, 2.24) is 9.66 Å². The van der Waals surface area contributed by atoms with Gasteiger partial charge >= 0.3 is 0 Å². The summed E-state index contributed by atoms with van der Waals surface area (Å²) in [5, 5.41) is 0. The average molecular weight is 158 g/mol. The highest BCUT2D eigenvalue weighted by molar-refractivity contribution is 7.80. The van der Waals surface area contributed by atoms with Crippen molar-refractivity contribution in [1.29, 1.82) is 0 Å². The largest absolute Gasteiger partial charge is 0.759 e. The summed E-state index contributed by atoms with van der Waals surface area (Å²) in [6.45, 7) is 0. The van der Waals surface area contributed by atoms with Gasteiger partial charge in [-0.3, -0.25) is 8.42 Å². The smallest absolute Gasteiger partial charge is 0.0332 e. The van der Waals surface area contributed by atoms with Gasteiger partial charge in [0.15, 0.2) is 0 Å². The van der Waals surface area contributed by atoms with Crippen LogP contribution in [0.5, 0.6) is 0 Å². The van der Waals surface area contributed by atoms with Crippen LogP contribution in [0, 0.1) is 0 Å². The Balaban J connectivity index is 3.18. The van der Waals surface area contributed by atoms with Crippen LogP contribution in [0.2, 0.25) is 0 Å². The molecule has 0 aliphatic heterocycles. The van der Waals surface area contributed by atoms with Gasteiger partial charge in [-0.1, -0.05) is 0 Å². The summed E-state index contributed by atoms with van der Waals surface area (Å²) in [5.74, 6) is 0. The molecule has 0 amide bonds. The predicted molar refractivity (Wildman–Crippen MR) is 24.1 cm³/mol.